The number of amidine groups is 1. The summed E-state index contributed by atoms with van der Waals surface area (Å²) in [5.41, 5.74) is 0. The molecule has 0 aliphatic rings. The molecule has 0 bridgehead atoms. The van der Waals surface area contributed by atoms with Crippen LogP contribution in [0.1, 0.15) is 26.7 Å². The molecule has 0 spiro atoms. The molecule has 4 heteroatoms. The number of nitrogens with one attached hydrogen (secondary N) is 1. The van der Waals surface area contributed by atoms with Gasteiger partial charge in [0, 0.05) is 6.54 Å². The van der Waals surface area contributed by atoms with Gasteiger partial charge in [0.1, 0.15) is 0 Å². The van der Waals surface area contributed by atoms with Crippen molar-refractivity contribution in [3.8, 4) is 6.19 Å². The smallest absolute Gasteiger partial charge is 0.183 e. The summed E-state index contributed by atoms with van der Waals surface area (Å²) in [6.07, 6.45) is 6.08. The Morgan fingerprint density at radius 2 is 2.15 bits per heavy atom. The van der Waals surface area contributed by atoms with Crippen molar-refractivity contribution in [2.45, 2.75) is 26.7 Å². The van der Waals surface area contributed by atoms with Crippen molar-refractivity contribution >= 4 is 16.9 Å². The second-order valence-electron chi connectivity index (χ2n) is 2.77. The fraction of sp³-hybridized carbons (Fsp3) is 0.778. The van der Waals surface area contributed by atoms with E-state index in [4.69, 9.17) is 5.26 Å². The quantitative estimate of drug-likeness (QED) is 0.327. The Hall–Kier alpha value is -0.690. The van der Waals surface area contributed by atoms with Gasteiger partial charge in [0.05, 0.1) is 0 Å². The summed E-state index contributed by atoms with van der Waals surface area (Å²) in [6, 6.07) is 0. The van der Waals surface area contributed by atoms with Crippen LogP contribution in [0.15, 0.2) is 4.99 Å². The number of nitriles is 1. The molecule has 13 heavy (non-hydrogen) atoms. The van der Waals surface area contributed by atoms with Gasteiger partial charge in [0.15, 0.2) is 11.4 Å². The Labute approximate surface area is 84.6 Å². The standard InChI is InChI=1S/C9H17N3S/c1-4-8(5-2)6-11-9(13-3)12-7-10/h8H,4-6H2,1-3H3,(H,11,12). The van der Waals surface area contributed by atoms with E-state index in [-0.39, 0.29) is 0 Å². The first-order valence-electron chi connectivity index (χ1n) is 4.51. The van der Waals surface area contributed by atoms with E-state index in [9.17, 15) is 0 Å². The molecular weight excluding hydrogens is 182 g/mol. The number of nitrogens with zero attached hydrogens (tertiary/aromatic N) is 2. The van der Waals surface area contributed by atoms with Gasteiger partial charge in [0.2, 0.25) is 0 Å². The van der Waals surface area contributed by atoms with Gasteiger partial charge in [-0.3, -0.25) is 10.3 Å². The zero-order chi connectivity index (χ0) is 10.1. The van der Waals surface area contributed by atoms with Gasteiger partial charge in [-0.2, -0.15) is 5.26 Å². The minimum atomic E-state index is 0.641. The van der Waals surface area contributed by atoms with Crippen LogP contribution in [-0.2, 0) is 0 Å². The van der Waals surface area contributed by atoms with Gasteiger partial charge in [-0.05, 0) is 12.2 Å². The van der Waals surface area contributed by atoms with Gasteiger partial charge >= 0.3 is 0 Å². The lowest BCUT2D eigenvalue weighted by Gasteiger charge is -2.08. The van der Waals surface area contributed by atoms with E-state index in [1.807, 2.05) is 12.4 Å². The van der Waals surface area contributed by atoms with Crippen LogP contribution in [0, 0.1) is 17.4 Å². The van der Waals surface area contributed by atoms with Crippen LogP contribution >= 0.6 is 11.8 Å². The number of thioether (sulfide) groups is 1. The van der Waals surface area contributed by atoms with Crippen LogP contribution in [0.4, 0.5) is 0 Å². The summed E-state index contributed by atoms with van der Waals surface area (Å²) in [6.45, 7) is 5.15. The van der Waals surface area contributed by atoms with Crippen molar-refractivity contribution in [3.63, 3.8) is 0 Å². The summed E-state index contributed by atoms with van der Waals surface area (Å²) in [5, 5.41) is 11.7. The zero-order valence-corrected chi connectivity index (χ0v) is 9.32. The molecule has 0 saturated carbocycles. The summed E-state index contributed by atoms with van der Waals surface area (Å²) in [5.74, 6) is 0.641. The molecule has 0 heterocycles. The van der Waals surface area contributed by atoms with E-state index in [1.54, 1.807) is 0 Å². The van der Waals surface area contributed by atoms with Crippen LogP contribution in [0.2, 0.25) is 0 Å². The highest BCUT2D eigenvalue weighted by Gasteiger charge is 2.02. The molecule has 0 fully saturated rings. The normalized spacial score (nSPS) is 11.5. The number of rotatable bonds is 4. The molecule has 3 nitrogen and oxygen atoms in total. The maximum atomic E-state index is 8.39. The molecule has 0 aromatic heterocycles. The van der Waals surface area contributed by atoms with Crippen LogP contribution in [0.5, 0.6) is 0 Å². The fourth-order valence-electron chi connectivity index (χ4n) is 0.962. The van der Waals surface area contributed by atoms with Crippen molar-refractivity contribution in [1.82, 2.24) is 5.32 Å². The highest BCUT2D eigenvalue weighted by Crippen LogP contribution is 2.08. The predicted octanol–water partition coefficient (Wildman–Crippen LogP) is 2.21. The van der Waals surface area contributed by atoms with E-state index in [2.05, 4.69) is 24.2 Å². The van der Waals surface area contributed by atoms with E-state index >= 15 is 0 Å². The molecule has 0 aliphatic carbocycles. The topological polar surface area (TPSA) is 48.2 Å². The van der Waals surface area contributed by atoms with E-state index < -0.39 is 0 Å². The minimum Gasteiger partial charge on any atom is -0.272 e. The van der Waals surface area contributed by atoms with Gasteiger partial charge in [-0.25, -0.2) is 0 Å². The second kappa shape index (κ2) is 7.93. The maximum Gasteiger partial charge on any atom is 0.183 e. The Morgan fingerprint density at radius 1 is 1.54 bits per heavy atom. The zero-order valence-electron chi connectivity index (χ0n) is 8.50. The summed E-state index contributed by atoms with van der Waals surface area (Å²) < 4.78 is 0. The van der Waals surface area contributed by atoms with Gasteiger partial charge in [-0.15, -0.1) is 0 Å². The summed E-state index contributed by atoms with van der Waals surface area (Å²) >= 11 is 1.47. The molecule has 1 N–H and O–H groups in total. The van der Waals surface area contributed by atoms with E-state index in [0.717, 1.165) is 24.6 Å². The Bertz CT molecular complexity index is 192. The number of hydrogen-bond donors (Lipinski definition) is 1. The molecule has 0 unspecified atom stereocenters. The second-order valence-corrected chi connectivity index (χ2v) is 3.56. The average Bonchev–Trinajstić information content (AvgIpc) is 2.17. The van der Waals surface area contributed by atoms with Crippen molar-refractivity contribution < 1.29 is 0 Å². The third-order valence-electron chi connectivity index (χ3n) is 2.00. The molecule has 0 aliphatic heterocycles. The SMILES string of the molecule is CCC(CC)CN=C(NC#N)SC. The molecule has 0 rings (SSSR count). The number of hydrogen-bond acceptors (Lipinski definition) is 3. The first-order chi connectivity index (χ1) is 6.28. The Balaban J connectivity index is 3.97. The Morgan fingerprint density at radius 3 is 2.54 bits per heavy atom. The molecule has 74 valence electrons. The first-order valence-corrected chi connectivity index (χ1v) is 5.74. The van der Waals surface area contributed by atoms with Crippen LogP contribution in [0.3, 0.4) is 0 Å². The van der Waals surface area contributed by atoms with Crippen molar-refractivity contribution in [2.75, 3.05) is 12.8 Å². The van der Waals surface area contributed by atoms with E-state index in [1.165, 1.54) is 11.8 Å². The average molecular weight is 199 g/mol. The third-order valence-corrected chi connectivity index (χ3v) is 2.62. The minimum absolute atomic E-state index is 0.641. The lowest BCUT2D eigenvalue weighted by molar-refractivity contribution is 0.506. The lowest BCUT2D eigenvalue weighted by Crippen LogP contribution is -2.15. The predicted molar refractivity (Wildman–Crippen MR) is 58.6 cm³/mol. The molecular formula is C9H17N3S. The monoisotopic (exact) mass is 199 g/mol. The van der Waals surface area contributed by atoms with Crippen molar-refractivity contribution in [2.24, 2.45) is 10.9 Å². The van der Waals surface area contributed by atoms with Crippen LogP contribution in [0.25, 0.3) is 0 Å². The highest BCUT2D eigenvalue weighted by molar-refractivity contribution is 8.13. The van der Waals surface area contributed by atoms with Gasteiger partial charge in [-0.1, -0.05) is 38.5 Å². The maximum absolute atomic E-state index is 8.39. The molecule has 0 radical (unpaired) electrons. The van der Waals surface area contributed by atoms with Crippen molar-refractivity contribution in [3.05, 3.63) is 0 Å². The van der Waals surface area contributed by atoms with Crippen LogP contribution in [-0.4, -0.2) is 18.0 Å². The van der Waals surface area contributed by atoms with Gasteiger partial charge in [0.25, 0.3) is 0 Å². The largest absolute Gasteiger partial charge is 0.272 e. The summed E-state index contributed by atoms with van der Waals surface area (Å²) in [7, 11) is 0. The molecule has 0 aromatic carbocycles. The Kier molecular flexibility index (Phi) is 7.51. The third kappa shape index (κ3) is 5.53. The van der Waals surface area contributed by atoms with E-state index in [0.29, 0.717) is 5.92 Å². The lowest BCUT2D eigenvalue weighted by atomic mass is 10.0. The molecule has 0 atom stereocenters. The van der Waals surface area contributed by atoms with Gasteiger partial charge < -0.3 is 0 Å². The molecule has 0 amide bonds. The molecule has 0 aromatic rings. The van der Waals surface area contributed by atoms with Crippen molar-refractivity contribution in [1.29, 1.82) is 5.26 Å². The molecule has 0 saturated heterocycles. The first kappa shape index (κ1) is 12.3. The summed E-state index contributed by atoms with van der Waals surface area (Å²) in [4.78, 5) is 4.32. The number of aliphatic imine (C=N–C) groups is 1. The van der Waals surface area contributed by atoms with Crippen LogP contribution < -0.4 is 5.32 Å². The highest BCUT2D eigenvalue weighted by atomic mass is 32.2. The fourth-order valence-corrected chi connectivity index (χ4v) is 1.31.